The van der Waals surface area contributed by atoms with Crippen LogP contribution >= 0.6 is 0 Å². The van der Waals surface area contributed by atoms with Gasteiger partial charge in [0.05, 0.1) is 16.7 Å². The van der Waals surface area contributed by atoms with Gasteiger partial charge < -0.3 is 5.01 Å². The molecule has 1 aliphatic rings. The molecule has 1 fully saturated rings. The van der Waals surface area contributed by atoms with Crippen molar-refractivity contribution < 1.29 is 0 Å². The first-order valence-corrected chi connectivity index (χ1v) is 7.87. The molecule has 3 aromatic rings. The normalized spacial score (nSPS) is 16.0. The molecule has 0 N–H and O–H groups in total. The van der Waals surface area contributed by atoms with Crippen molar-refractivity contribution in [3.8, 4) is 0 Å². The first kappa shape index (κ1) is 12.7. The Morgan fingerprint density at radius 3 is 2.57 bits per heavy atom. The fourth-order valence-electron chi connectivity index (χ4n) is 3.58. The third-order valence-electron chi connectivity index (χ3n) is 4.61. The van der Waals surface area contributed by atoms with Gasteiger partial charge in [-0.05, 0) is 50.8 Å². The Balaban J connectivity index is 2.10. The number of benzene rings is 1. The second-order valence-corrected chi connectivity index (χ2v) is 6.14. The summed E-state index contributed by atoms with van der Waals surface area (Å²) in [4.78, 5) is 4.53. The molecule has 3 heterocycles. The number of hydrogen-bond donors (Lipinski definition) is 0. The van der Waals surface area contributed by atoms with E-state index in [1.165, 1.54) is 46.6 Å². The highest BCUT2D eigenvalue weighted by Crippen LogP contribution is 2.31. The van der Waals surface area contributed by atoms with E-state index in [9.17, 15) is 0 Å². The minimum Gasteiger partial charge on any atom is -0.312 e. The van der Waals surface area contributed by atoms with E-state index >= 15 is 0 Å². The van der Waals surface area contributed by atoms with E-state index in [-0.39, 0.29) is 0 Å². The van der Waals surface area contributed by atoms with Crippen LogP contribution in [0.5, 0.6) is 0 Å². The van der Waals surface area contributed by atoms with Crippen molar-refractivity contribution in [2.45, 2.75) is 33.1 Å². The Labute approximate surface area is 125 Å². The largest absolute Gasteiger partial charge is 0.312 e. The molecule has 2 aromatic heterocycles. The predicted octanol–water partition coefficient (Wildman–Crippen LogP) is 3.93. The van der Waals surface area contributed by atoms with E-state index in [0.29, 0.717) is 0 Å². The highest BCUT2D eigenvalue weighted by molar-refractivity contribution is 6.09. The molecule has 0 atom stereocenters. The van der Waals surface area contributed by atoms with Crippen molar-refractivity contribution in [2.24, 2.45) is 0 Å². The van der Waals surface area contributed by atoms with Crippen LogP contribution in [0, 0.1) is 13.8 Å². The van der Waals surface area contributed by atoms with Gasteiger partial charge in [-0.2, -0.15) is 0 Å². The second kappa shape index (κ2) is 4.76. The van der Waals surface area contributed by atoms with Crippen molar-refractivity contribution in [3.05, 3.63) is 41.7 Å². The van der Waals surface area contributed by atoms with E-state index in [4.69, 9.17) is 0 Å². The molecular weight excluding hydrogens is 258 g/mol. The summed E-state index contributed by atoms with van der Waals surface area (Å²) in [5.74, 6) is 0. The van der Waals surface area contributed by atoms with E-state index < -0.39 is 0 Å². The fourth-order valence-corrected chi connectivity index (χ4v) is 3.58. The highest BCUT2D eigenvalue weighted by Gasteiger charge is 2.19. The fraction of sp³-hybridized carbons (Fsp3) is 0.389. The summed E-state index contributed by atoms with van der Waals surface area (Å²) in [6.45, 7) is 6.57. The standard InChI is InChI=1S/C18H21N3/c1-13-6-7-15-16-8-9-19-14(2)18(16)21(17(15)12-13)20-10-4-3-5-11-20/h6-9,12H,3-5,10-11H2,1-2H3. The summed E-state index contributed by atoms with van der Waals surface area (Å²) < 4.78 is 2.43. The Morgan fingerprint density at radius 1 is 0.952 bits per heavy atom. The van der Waals surface area contributed by atoms with Crippen molar-refractivity contribution in [1.82, 2.24) is 9.66 Å². The van der Waals surface area contributed by atoms with Gasteiger partial charge in [-0.15, -0.1) is 0 Å². The lowest BCUT2D eigenvalue weighted by Gasteiger charge is -2.31. The number of aromatic nitrogens is 2. The summed E-state index contributed by atoms with van der Waals surface area (Å²) in [6.07, 6.45) is 5.85. The van der Waals surface area contributed by atoms with Gasteiger partial charge in [-0.1, -0.05) is 12.1 Å². The Hall–Kier alpha value is -2.03. The Bertz CT molecular complexity index is 810. The molecule has 0 amide bonds. The monoisotopic (exact) mass is 279 g/mol. The smallest absolute Gasteiger partial charge is 0.0920 e. The van der Waals surface area contributed by atoms with Gasteiger partial charge in [0, 0.05) is 30.1 Å². The number of fused-ring (bicyclic) bond motifs is 3. The molecule has 1 saturated heterocycles. The lowest BCUT2D eigenvalue weighted by Crippen LogP contribution is -2.39. The molecule has 3 heteroatoms. The second-order valence-electron chi connectivity index (χ2n) is 6.14. The molecule has 0 radical (unpaired) electrons. The minimum atomic E-state index is 1.12. The third-order valence-corrected chi connectivity index (χ3v) is 4.61. The number of aryl methyl sites for hydroxylation is 2. The zero-order valence-corrected chi connectivity index (χ0v) is 12.8. The highest BCUT2D eigenvalue weighted by atomic mass is 15.5. The minimum absolute atomic E-state index is 1.12. The average Bonchev–Trinajstić information content (AvgIpc) is 2.83. The van der Waals surface area contributed by atoms with E-state index in [2.05, 4.69) is 52.8 Å². The van der Waals surface area contributed by atoms with E-state index in [1.807, 2.05) is 6.20 Å². The molecule has 4 rings (SSSR count). The van der Waals surface area contributed by atoms with Gasteiger partial charge in [0.2, 0.25) is 0 Å². The maximum absolute atomic E-state index is 4.53. The summed E-state index contributed by atoms with van der Waals surface area (Å²) in [5.41, 5.74) is 5.03. The topological polar surface area (TPSA) is 21.1 Å². The lowest BCUT2D eigenvalue weighted by atomic mass is 10.1. The Morgan fingerprint density at radius 2 is 1.76 bits per heavy atom. The molecule has 21 heavy (non-hydrogen) atoms. The molecule has 0 aliphatic carbocycles. The van der Waals surface area contributed by atoms with E-state index in [1.54, 1.807) is 0 Å². The van der Waals surface area contributed by atoms with Crippen LogP contribution in [-0.2, 0) is 0 Å². The van der Waals surface area contributed by atoms with Gasteiger partial charge in [-0.25, -0.2) is 0 Å². The third kappa shape index (κ3) is 1.91. The zero-order valence-electron chi connectivity index (χ0n) is 12.8. The first-order chi connectivity index (χ1) is 10.3. The van der Waals surface area contributed by atoms with Crippen molar-refractivity contribution in [1.29, 1.82) is 0 Å². The van der Waals surface area contributed by atoms with Crippen LogP contribution < -0.4 is 5.01 Å². The SMILES string of the molecule is Cc1ccc2c3ccnc(C)c3n(N3CCCCC3)c2c1. The van der Waals surface area contributed by atoms with Gasteiger partial charge in [0.1, 0.15) is 0 Å². The van der Waals surface area contributed by atoms with Crippen LogP contribution in [0.15, 0.2) is 30.5 Å². The van der Waals surface area contributed by atoms with Gasteiger partial charge in [0.15, 0.2) is 0 Å². The number of nitrogens with zero attached hydrogens (tertiary/aromatic N) is 3. The predicted molar refractivity (Wildman–Crippen MR) is 88.5 cm³/mol. The van der Waals surface area contributed by atoms with Crippen molar-refractivity contribution >= 4 is 21.8 Å². The van der Waals surface area contributed by atoms with Crippen molar-refractivity contribution in [3.63, 3.8) is 0 Å². The van der Waals surface area contributed by atoms with Gasteiger partial charge in [0.25, 0.3) is 0 Å². The van der Waals surface area contributed by atoms with Gasteiger partial charge in [-0.3, -0.25) is 9.66 Å². The maximum Gasteiger partial charge on any atom is 0.0920 e. The molecule has 108 valence electrons. The number of pyridine rings is 1. The number of piperidine rings is 1. The summed E-state index contributed by atoms with van der Waals surface area (Å²) in [6, 6.07) is 8.93. The Kier molecular flexibility index (Phi) is 2.88. The van der Waals surface area contributed by atoms with Crippen LogP contribution in [0.3, 0.4) is 0 Å². The number of hydrogen-bond acceptors (Lipinski definition) is 2. The molecule has 0 spiro atoms. The molecule has 0 saturated carbocycles. The van der Waals surface area contributed by atoms with Crippen LogP contribution in [0.4, 0.5) is 0 Å². The molecule has 1 aliphatic heterocycles. The molecule has 0 unspecified atom stereocenters. The summed E-state index contributed by atoms with van der Waals surface area (Å²) >= 11 is 0. The van der Waals surface area contributed by atoms with Crippen LogP contribution in [0.1, 0.15) is 30.5 Å². The molecular formula is C18H21N3. The quantitative estimate of drug-likeness (QED) is 0.673. The number of rotatable bonds is 1. The first-order valence-electron chi connectivity index (χ1n) is 7.87. The van der Waals surface area contributed by atoms with Crippen LogP contribution in [0.2, 0.25) is 0 Å². The zero-order chi connectivity index (χ0) is 14.4. The molecule has 0 bridgehead atoms. The van der Waals surface area contributed by atoms with Crippen LogP contribution in [-0.4, -0.2) is 22.7 Å². The summed E-state index contributed by atoms with van der Waals surface area (Å²) in [5, 5.41) is 5.16. The van der Waals surface area contributed by atoms with Gasteiger partial charge >= 0.3 is 0 Å². The summed E-state index contributed by atoms with van der Waals surface area (Å²) in [7, 11) is 0. The van der Waals surface area contributed by atoms with E-state index in [0.717, 1.165) is 18.8 Å². The maximum atomic E-state index is 4.53. The van der Waals surface area contributed by atoms with Crippen molar-refractivity contribution in [2.75, 3.05) is 18.1 Å². The lowest BCUT2D eigenvalue weighted by molar-refractivity contribution is 0.494. The average molecular weight is 279 g/mol. The molecule has 1 aromatic carbocycles. The van der Waals surface area contributed by atoms with Crippen LogP contribution in [0.25, 0.3) is 21.8 Å². The molecule has 3 nitrogen and oxygen atoms in total.